The average Bonchev–Trinajstić information content (AvgIpc) is 3.66. The van der Waals surface area contributed by atoms with Gasteiger partial charge in [-0.1, -0.05) is 85.2 Å². The van der Waals surface area contributed by atoms with Gasteiger partial charge in [-0.15, -0.1) is 0 Å². The van der Waals surface area contributed by atoms with Gasteiger partial charge in [-0.05, 0) is 43.1 Å². The van der Waals surface area contributed by atoms with Crippen LogP contribution >= 0.6 is 0 Å². The standard InChI is InChI=1S/C42H69N5O10/c1-13-27(7)36(45(9)40(51)34(25(3)4)44-39(50)35(26(5)6)46(10)42(54)57-14-2)32(55-11)24-33(48)47-22-18-21-31(47)37(56-12)28(8)38(49)43-30(41(52)53)23-29-19-16-15-17-20-29/h15-17,19-20,25-28,30-32,34-37H,13-14,18,21-24H2,1-12H3,(H,43,49)(H,44,50)(H,52,53)/t27-,28+,30?,31-,32+,34-,35-,36-,37+/m0/s1. The van der Waals surface area contributed by atoms with E-state index in [9.17, 15) is 33.9 Å². The molecule has 0 radical (unpaired) electrons. The maximum absolute atomic E-state index is 14.3. The lowest BCUT2D eigenvalue weighted by atomic mass is 9.89. The average molecular weight is 804 g/mol. The fourth-order valence-corrected chi connectivity index (χ4v) is 7.90. The molecule has 5 amide bonds. The van der Waals surface area contributed by atoms with Crippen LogP contribution in [0.25, 0.3) is 0 Å². The molecule has 0 saturated carbocycles. The van der Waals surface area contributed by atoms with Crippen molar-refractivity contribution in [1.82, 2.24) is 25.3 Å². The fourth-order valence-electron chi connectivity index (χ4n) is 7.90. The third kappa shape index (κ3) is 13.1. The highest BCUT2D eigenvalue weighted by atomic mass is 16.6. The number of hydrogen-bond donors (Lipinski definition) is 3. The summed E-state index contributed by atoms with van der Waals surface area (Å²) in [6, 6.07) is 5.07. The number of amides is 5. The first-order chi connectivity index (χ1) is 26.9. The minimum absolute atomic E-state index is 0.0622. The molecule has 1 saturated heterocycles. The summed E-state index contributed by atoms with van der Waals surface area (Å²) in [6.07, 6.45) is -0.0960. The van der Waals surface area contributed by atoms with E-state index in [0.29, 0.717) is 25.8 Å². The predicted octanol–water partition coefficient (Wildman–Crippen LogP) is 3.97. The number of carboxylic acid groups (broad SMARTS) is 1. The lowest BCUT2D eigenvalue weighted by molar-refractivity contribution is -0.148. The maximum Gasteiger partial charge on any atom is 0.410 e. The second kappa shape index (κ2) is 23.2. The van der Waals surface area contributed by atoms with Crippen LogP contribution in [0.1, 0.15) is 86.6 Å². The summed E-state index contributed by atoms with van der Waals surface area (Å²) >= 11 is 0. The number of likely N-dealkylation sites (N-methyl/N-ethyl adjacent to an activating group) is 2. The zero-order valence-electron chi connectivity index (χ0n) is 36.2. The number of likely N-dealkylation sites (tertiary alicyclic amines) is 1. The van der Waals surface area contributed by atoms with Crippen LogP contribution in [0, 0.1) is 23.7 Å². The monoisotopic (exact) mass is 804 g/mol. The number of carbonyl (C=O) groups is 6. The molecule has 57 heavy (non-hydrogen) atoms. The zero-order chi connectivity index (χ0) is 43.1. The molecule has 0 aromatic heterocycles. The summed E-state index contributed by atoms with van der Waals surface area (Å²) in [5.74, 6) is -4.19. The van der Waals surface area contributed by atoms with E-state index in [1.54, 1.807) is 42.8 Å². The van der Waals surface area contributed by atoms with Gasteiger partial charge in [0.05, 0.1) is 43.2 Å². The van der Waals surface area contributed by atoms with Crippen molar-refractivity contribution >= 4 is 35.7 Å². The number of carbonyl (C=O) groups excluding carboxylic acids is 5. The Morgan fingerprint density at radius 2 is 1.51 bits per heavy atom. The van der Waals surface area contributed by atoms with Crippen LogP contribution in [0.3, 0.4) is 0 Å². The zero-order valence-corrected chi connectivity index (χ0v) is 36.2. The highest BCUT2D eigenvalue weighted by Gasteiger charge is 2.43. The number of nitrogens with one attached hydrogen (secondary N) is 2. The first-order valence-corrected chi connectivity index (χ1v) is 20.2. The van der Waals surface area contributed by atoms with Crippen molar-refractivity contribution < 1.29 is 48.1 Å². The summed E-state index contributed by atoms with van der Waals surface area (Å²) in [6.45, 7) is 15.2. The van der Waals surface area contributed by atoms with E-state index in [4.69, 9.17) is 14.2 Å². The van der Waals surface area contributed by atoms with Crippen LogP contribution in [0.15, 0.2) is 30.3 Å². The summed E-state index contributed by atoms with van der Waals surface area (Å²) in [7, 11) is 6.14. The molecule has 1 heterocycles. The topological polar surface area (TPSA) is 184 Å². The lowest BCUT2D eigenvalue weighted by Crippen LogP contribution is -2.60. The Morgan fingerprint density at radius 1 is 0.877 bits per heavy atom. The number of ether oxygens (including phenoxy) is 3. The molecule has 1 aliphatic heterocycles. The Hall–Kier alpha value is -4.24. The number of rotatable bonds is 22. The van der Waals surface area contributed by atoms with Crippen LogP contribution in [0.4, 0.5) is 4.79 Å². The Labute approximate surface area is 339 Å². The SMILES string of the molecule is CCOC(=O)N(C)[C@H](C(=O)N[C@H](C(=O)N(C)[C@@H]([C@@H](C)CC)[C@@H](CC(=O)N1CCC[C@H]1[C@H](OC)[C@@H](C)C(=O)NC(Cc1ccccc1)C(=O)O)OC)C(C)C)C(C)C. The van der Waals surface area contributed by atoms with Crippen molar-refractivity contribution in [1.29, 1.82) is 0 Å². The molecule has 0 spiro atoms. The van der Waals surface area contributed by atoms with Crippen LogP contribution in [-0.2, 0) is 44.6 Å². The van der Waals surface area contributed by atoms with E-state index in [1.807, 2.05) is 59.7 Å². The van der Waals surface area contributed by atoms with Gasteiger partial charge in [0.25, 0.3) is 0 Å². The van der Waals surface area contributed by atoms with E-state index >= 15 is 0 Å². The normalized spacial score (nSPS) is 18.4. The van der Waals surface area contributed by atoms with Gasteiger partial charge in [0.1, 0.15) is 18.1 Å². The van der Waals surface area contributed by atoms with Gasteiger partial charge in [0.15, 0.2) is 0 Å². The van der Waals surface area contributed by atoms with Gasteiger partial charge in [0, 0.05) is 41.3 Å². The van der Waals surface area contributed by atoms with Crippen LogP contribution in [0.2, 0.25) is 0 Å². The molecule has 2 rings (SSSR count). The Morgan fingerprint density at radius 3 is 2.02 bits per heavy atom. The number of benzene rings is 1. The molecule has 1 unspecified atom stereocenters. The minimum atomic E-state index is -1.15. The number of methoxy groups -OCH3 is 2. The second-order valence-electron chi connectivity index (χ2n) is 15.9. The highest BCUT2D eigenvalue weighted by Crippen LogP contribution is 2.30. The number of hydrogen-bond acceptors (Lipinski definition) is 9. The van der Waals surface area contributed by atoms with Gasteiger partial charge in [0.2, 0.25) is 23.6 Å². The molecule has 9 atom stereocenters. The molecular weight excluding hydrogens is 734 g/mol. The molecule has 3 N–H and O–H groups in total. The van der Waals surface area contributed by atoms with Crippen molar-refractivity contribution in [3.63, 3.8) is 0 Å². The van der Waals surface area contributed by atoms with Crippen molar-refractivity contribution in [2.75, 3.05) is 41.5 Å². The van der Waals surface area contributed by atoms with E-state index < -0.39 is 72.2 Å². The number of aliphatic carboxylic acids is 1. The van der Waals surface area contributed by atoms with E-state index in [2.05, 4.69) is 10.6 Å². The fraction of sp³-hybridized carbons (Fsp3) is 0.714. The first-order valence-electron chi connectivity index (χ1n) is 20.2. The van der Waals surface area contributed by atoms with Gasteiger partial charge in [-0.2, -0.15) is 0 Å². The Balaban J connectivity index is 2.29. The summed E-state index contributed by atoms with van der Waals surface area (Å²) in [5, 5.41) is 15.5. The van der Waals surface area contributed by atoms with E-state index in [0.717, 1.165) is 5.56 Å². The minimum Gasteiger partial charge on any atom is -0.480 e. The largest absolute Gasteiger partial charge is 0.480 e. The quantitative estimate of drug-likeness (QED) is 0.155. The maximum atomic E-state index is 14.3. The number of nitrogens with zero attached hydrogens (tertiary/aromatic N) is 3. The summed E-state index contributed by atoms with van der Waals surface area (Å²) in [5.41, 5.74) is 0.771. The second-order valence-corrected chi connectivity index (χ2v) is 15.9. The van der Waals surface area contributed by atoms with Crippen molar-refractivity contribution in [3.8, 4) is 0 Å². The van der Waals surface area contributed by atoms with Gasteiger partial charge in [-0.3, -0.25) is 24.1 Å². The summed E-state index contributed by atoms with van der Waals surface area (Å²) in [4.78, 5) is 85.0. The predicted molar refractivity (Wildman–Crippen MR) is 216 cm³/mol. The molecule has 15 heteroatoms. The number of carboxylic acids is 1. The van der Waals surface area contributed by atoms with Crippen molar-refractivity contribution in [2.24, 2.45) is 23.7 Å². The van der Waals surface area contributed by atoms with Crippen LogP contribution in [0.5, 0.6) is 0 Å². The smallest absolute Gasteiger partial charge is 0.410 e. The van der Waals surface area contributed by atoms with Crippen LogP contribution in [-0.4, -0.2) is 139 Å². The van der Waals surface area contributed by atoms with Crippen molar-refractivity contribution in [2.45, 2.75) is 130 Å². The van der Waals surface area contributed by atoms with Gasteiger partial charge >= 0.3 is 12.1 Å². The molecule has 0 bridgehead atoms. The molecule has 1 fully saturated rings. The molecule has 15 nitrogen and oxygen atoms in total. The molecule has 1 aromatic carbocycles. The Bertz CT molecular complexity index is 1480. The molecule has 1 aromatic rings. The molecule has 322 valence electrons. The summed E-state index contributed by atoms with van der Waals surface area (Å²) < 4.78 is 17.0. The molecule has 1 aliphatic rings. The van der Waals surface area contributed by atoms with E-state index in [1.165, 1.54) is 26.2 Å². The van der Waals surface area contributed by atoms with Gasteiger partial charge < -0.3 is 39.8 Å². The van der Waals surface area contributed by atoms with Crippen molar-refractivity contribution in [3.05, 3.63) is 35.9 Å². The van der Waals surface area contributed by atoms with Gasteiger partial charge in [-0.25, -0.2) is 9.59 Å². The third-order valence-corrected chi connectivity index (χ3v) is 11.3. The lowest BCUT2D eigenvalue weighted by Gasteiger charge is -2.41. The molecule has 0 aliphatic carbocycles. The molecular formula is C42H69N5O10. The third-order valence-electron chi connectivity index (χ3n) is 11.3. The van der Waals surface area contributed by atoms with E-state index in [-0.39, 0.29) is 49.0 Å². The van der Waals surface area contributed by atoms with Crippen LogP contribution < -0.4 is 10.6 Å². The Kier molecular flexibility index (Phi) is 19.9. The first kappa shape index (κ1) is 48.9. The highest BCUT2D eigenvalue weighted by molar-refractivity contribution is 5.92.